The summed E-state index contributed by atoms with van der Waals surface area (Å²) in [4.78, 5) is 15.9. The van der Waals surface area contributed by atoms with Gasteiger partial charge in [0.05, 0.1) is 0 Å². The summed E-state index contributed by atoms with van der Waals surface area (Å²) in [5.74, 6) is 0.120. The summed E-state index contributed by atoms with van der Waals surface area (Å²) in [6, 6.07) is 3.81. The fraction of sp³-hybridized carbons (Fsp3) is 0.455. The van der Waals surface area contributed by atoms with E-state index in [-0.39, 0.29) is 23.8 Å². The molecule has 1 aromatic rings. The molecule has 1 aromatic heterocycles. The van der Waals surface area contributed by atoms with Crippen LogP contribution >= 0.6 is 0 Å². The van der Waals surface area contributed by atoms with E-state index in [4.69, 9.17) is 5.73 Å². The van der Waals surface area contributed by atoms with Gasteiger partial charge in [0.1, 0.15) is 0 Å². The topological polar surface area (TPSA) is 79.4 Å². The largest absolute Gasteiger partial charge is 0.327 e. The Morgan fingerprint density at radius 2 is 2.31 bits per heavy atom. The van der Waals surface area contributed by atoms with Crippen LogP contribution in [0.1, 0.15) is 12.0 Å². The number of hydrogen-bond donors (Lipinski definition) is 2. The molecule has 2 heterocycles. The van der Waals surface area contributed by atoms with E-state index in [9.17, 15) is 10.0 Å². The maximum Gasteiger partial charge on any atom is 0.255 e. The molecule has 1 aliphatic heterocycles. The van der Waals surface area contributed by atoms with Gasteiger partial charge in [0.25, 0.3) is 5.91 Å². The third kappa shape index (κ3) is 1.32. The minimum Gasteiger partial charge on any atom is -0.327 e. The molecule has 0 aromatic carbocycles. The summed E-state index contributed by atoms with van der Waals surface area (Å²) in [7, 11) is 0. The van der Waals surface area contributed by atoms with Crippen molar-refractivity contribution in [3.8, 4) is 0 Å². The van der Waals surface area contributed by atoms with Gasteiger partial charge in [-0.25, -0.2) is 4.98 Å². The fourth-order valence-electron chi connectivity index (χ4n) is 2.40. The Bertz CT molecular complexity index is 449. The Kier molecular flexibility index (Phi) is 1.99. The van der Waals surface area contributed by atoms with Crippen molar-refractivity contribution in [2.75, 3.05) is 5.06 Å². The monoisotopic (exact) mass is 219 g/mol. The van der Waals surface area contributed by atoms with Crippen LogP contribution in [0, 0.1) is 11.8 Å². The van der Waals surface area contributed by atoms with E-state index in [1.807, 2.05) is 12.1 Å². The molecule has 1 amide bonds. The molecule has 0 saturated heterocycles. The lowest BCUT2D eigenvalue weighted by atomic mass is 9.90. The molecule has 3 atom stereocenters. The Morgan fingerprint density at radius 3 is 3.00 bits per heavy atom. The van der Waals surface area contributed by atoms with E-state index >= 15 is 0 Å². The third-order valence-corrected chi connectivity index (χ3v) is 3.44. The molecule has 1 fully saturated rings. The Balaban J connectivity index is 1.96. The number of rotatable bonds is 1. The number of amides is 1. The number of carbonyl (C=O) groups is 1. The van der Waals surface area contributed by atoms with Crippen molar-refractivity contribution in [2.24, 2.45) is 17.6 Å². The maximum atomic E-state index is 11.9. The van der Waals surface area contributed by atoms with Gasteiger partial charge < -0.3 is 5.73 Å². The number of carbonyl (C=O) groups excluding carboxylic acids is 1. The molecule has 0 spiro atoms. The summed E-state index contributed by atoms with van der Waals surface area (Å²) >= 11 is 0. The second-order valence-corrected chi connectivity index (χ2v) is 4.51. The summed E-state index contributed by atoms with van der Waals surface area (Å²) < 4.78 is 0. The first-order valence-corrected chi connectivity index (χ1v) is 5.41. The van der Waals surface area contributed by atoms with Crippen LogP contribution in [0.5, 0.6) is 0 Å². The highest BCUT2D eigenvalue weighted by Crippen LogP contribution is 2.41. The number of aromatic nitrogens is 1. The first kappa shape index (κ1) is 9.74. The van der Waals surface area contributed by atoms with Crippen molar-refractivity contribution in [3.05, 3.63) is 23.9 Å². The van der Waals surface area contributed by atoms with Crippen molar-refractivity contribution < 1.29 is 10.0 Å². The molecule has 5 nitrogen and oxygen atoms in total. The molecule has 5 heteroatoms. The van der Waals surface area contributed by atoms with Gasteiger partial charge in [-0.05, 0) is 30.4 Å². The molecule has 84 valence electrons. The lowest BCUT2D eigenvalue weighted by Crippen LogP contribution is -2.41. The SMILES string of the molecule is NC1CC1[C@@H]1Cc2cccnc2N(O)C1=O. The molecule has 2 unspecified atom stereocenters. The number of anilines is 1. The molecular formula is C11H13N3O2. The van der Waals surface area contributed by atoms with Crippen LogP contribution in [-0.2, 0) is 11.2 Å². The van der Waals surface area contributed by atoms with Crippen LogP contribution in [0.4, 0.5) is 5.82 Å². The van der Waals surface area contributed by atoms with Crippen molar-refractivity contribution in [3.63, 3.8) is 0 Å². The van der Waals surface area contributed by atoms with Gasteiger partial charge in [-0.2, -0.15) is 5.06 Å². The summed E-state index contributed by atoms with van der Waals surface area (Å²) in [6.07, 6.45) is 3.08. The Morgan fingerprint density at radius 1 is 1.56 bits per heavy atom. The minimum atomic E-state index is -0.274. The van der Waals surface area contributed by atoms with Crippen LogP contribution in [0.25, 0.3) is 0 Å². The zero-order valence-electron chi connectivity index (χ0n) is 8.71. The number of nitrogens with two attached hydrogens (primary N) is 1. The molecule has 3 rings (SSSR count). The van der Waals surface area contributed by atoms with Crippen molar-refractivity contribution in [1.82, 2.24) is 4.98 Å². The number of pyridine rings is 1. The first-order chi connectivity index (χ1) is 7.68. The predicted molar refractivity (Wildman–Crippen MR) is 56.8 cm³/mol. The summed E-state index contributed by atoms with van der Waals surface area (Å²) in [6.45, 7) is 0. The Hall–Kier alpha value is -1.46. The fourth-order valence-corrected chi connectivity index (χ4v) is 2.40. The van der Waals surface area contributed by atoms with E-state index in [2.05, 4.69) is 4.98 Å². The molecule has 0 bridgehead atoms. The molecule has 1 aliphatic carbocycles. The molecule has 0 radical (unpaired) electrons. The third-order valence-electron chi connectivity index (χ3n) is 3.44. The van der Waals surface area contributed by atoms with Crippen LogP contribution < -0.4 is 10.8 Å². The van der Waals surface area contributed by atoms with Crippen molar-refractivity contribution in [1.29, 1.82) is 0 Å². The summed E-state index contributed by atoms with van der Waals surface area (Å²) in [5, 5.41) is 10.4. The van der Waals surface area contributed by atoms with Gasteiger partial charge in [0, 0.05) is 18.2 Å². The van der Waals surface area contributed by atoms with Gasteiger partial charge in [-0.3, -0.25) is 10.0 Å². The number of hydroxylamine groups is 1. The highest BCUT2D eigenvalue weighted by molar-refractivity contribution is 5.95. The number of hydrogen-bond acceptors (Lipinski definition) is 4. The van der Waals surface area contributed by atoms with Crippen LogP contribution in [0.3, 0.4) is 0 Å². The van der Waals surface area contributed by atoms with E-state index in [0.717, 1.165) is 12.0 Å². The lowest BCUT2D eigenvalue weighted by molar-refractivity contribution is -0.129. The average Bonchev–Trinajstić information content (AvgIpc) is 3.01. The van der Waals surface area contributed by atoms with Crippen molar-refractivity contribution in [2.45, 2.75) is 18.9 Å². The molecular weight excluding hydrogens is 206 g/mol. The van der Waals surface area contributed by atoms with Crippen LogP contribution in [-0.4, -0.2) is 22.1 Å². The predicted octanol–water partition coefficient (Wildman–Crippen LogP) is 0.323. The molecule has 3 N–H and O–H groups in total. The van der Waals surface area contributed by atoms with Gasteiger partial charge in [-0.15, -0.1) is 0 Å². The first-order valence-electron chi connectivity index (χ1n) is 5.41. The highest BCUT2D eigenvalue weighted by atomic mass is 16.5. The summed E-state index contributed by atoms with van der Waals surface area (Å²) in [5.41, 5.74) is 6.67. The van der Waals surface area contributed by atoms with E-state index in [1.54, 1.807) is 6.20 Å². The van der Waals surface area contributed by atoms with E-state index < -0.39 is 0 Å². The Labute approximate surface area is 92.8 Å². The number of nitrogens with zero attached hydrogens (tertiary/aromatic N) is 2. The van der Waals surface area contributed by atoms with Gasteiger partial charge in [0.2, 0.25) is 0 Å². The highest BCUT2D eigenvalue weighted by Gasteiger charge is 2.47. The second kappa shape index (κ2) is 3.26. The molecule has 1 saturated carbocycles. The average molecular weight is 219 g/mol. The smallest absolute Gasteiger partial charge is 0.255 e. The zero-order chi connectivity index (χ0) is 11.3. The van der Waals surface area contributed by atoms with Gasteiger partial charge in [-0.1, -0.05) is 6.07 Å². The van der Waals surface area contributed by atoms with Gasteiger partial charge >= 0.3 is 0 Å². The van der Waals surface area contributed by atoms with Crippen molar-refractivity contribution >= 4 is 11.7 Å². The number of fused-ring (bicyclic) bond motifs is 1. The van der Waals surface area contributed by atoms with E-state index in [0.29, 0.717) is 17.3 Å². The minimum absolute atomic E-state index is 0.112. The molecule has 2 aliphatic rings. The van der Waals surface area contributed by atoms with Gasteiger partial charge in [0.15, 0.2) is 5.82 Å². The molecule has 16 heavy (non-hydrogen) atoms. The quantitative estimate of drug-likeness (QED) is 0.667. The lowest BCUT2D eigenvalue weighted by Gasteiger charge is -2.28. The van der Waals surface area contributed by atoms with Crippen LogP contribution in [0.15, 0.2) is 18.3 Å². The standard InChI is InChI=1S/C11H13N3O2/c12-9-5-7(9)8-4-6-2-1-3-13-10(6)14(16)11(8)15/h1-3,7-9,16H,4-5,12H2/t7?,8-,9?/m0/s1. The normalized spacial score (nSPS) is 32.5. The van der Waals surface area contributed by atoms with E-state index in [1.165, 1.54) is 0 Å². The maximum absolute atomic E-state index is 11.9. The zero-order valence-corrected chi connectivity index (χ0v) is 8.71. The van der Waals surface area contributed by atoms with Crippen LogP contribution in [0.2, 0.25) is 0 Å². The second-order valence-electron chi connectivity index (χ2n) is 4.51.